The zero-order valence-corrected chi connectivity index (χ0v) is 9.40. The van der Waals surface area contributed by atoms with E-state index in [0.717, 1.165) is 6.29 Å². The van der Waals surface area contributed by atoms with Gasteiger partial charge in [0.05, 0.1) is 6.54 Å². The van der Waals surface area contributed by atoms with E-state index >= 15 is 0 Å². The highest BCUT2D eigenvalue weighted by Gasteiger charge is 2.50. The predicted molar refractivity (Wildman–Crippen MR) is 55.9 cm³/mol. The largest absolute Gasteiger partial charge is 0.301 e. The molecule has 84 valence electrons. The Bertz CT molecular complexity index is 288. The summed E-state index contributed by atoms with van der Waals surface area (Å²) in [4.78, 5) is 22.3. The second-order valence-corrected chi connectivity index (χ2v) is 4.83. The lowest BCUT2D eigenvalue weighted by Crippen LogP contribution is -2.52. The van der Waals surface area contributed by atoms with Gasteiger partial charge in [-0.25, -0.2) is 5.01 Å². The Morgan fingerprint density at radius 1 is 1.53 bits per heavy atom. The van der Waals surface area contributed by atoms with Crippen LogP contribution in [0.15, 0.2) is 0 Å². The third-order valence-corrected chi connectivity index (χ3v) is 4.13. The molecule has 15 heavy (non-hydrogen) atoms. The van der Waals surface area contributed by atoms with Gasteiger partial charge in [0.2, 0.25) is 5.91 Å². The van der Waals surface area contributed by atoms with Gasteiger partial charge in [-0.05, 0) is 25.7 Å². The van der Waals surface area contributed by atoms with Crippen molar-refractivity contribution < 1.29 is 9.59 Å². The van der Waals surface area contributed by atoms with Crippen LogP contribution >= 0.6 is 0 Å². The minimum Gasteiger partial charge on any atom is -0.301 e. The number of carbonyl (C=O) groups is 2. The molecular weight excluding hydrogens is 192 g/mol. The first-order valence-corrected chi connectivity index (χ1v) is 5.57. The van der Waals surface area contributed by atoms with E-state index in [-0.39, 0.29) is 18.0 Å². The summed E-state index contributed by atoms with van der Waals surface area (Å²) in [5.74, 6) is 0.696. The first-order valence-electron chi connectivity index (χ1n) is 5.57. The molecule has 0 spiro atoms. The molecular formula is C11H18N2O2. The lowest BCUT2D eigenvalue weighted by atomic mass is 9.70. The van der Waals surface area contributed by atoms with E-state index in [1.807, 2.05) is 12.1 Å². The van der Waals surface area contributed by atoms with Crippen LogP contribution in [0.25, 0.3) is 0 Å². The highest BCUT2D eigenvalue weighted by molar-refractivity contribution is 5.81. The molecule has 2 aliphatic rings. The summed E-state index contributed by atoms with van der Waals surface area (Å²) in [5, 5.41) is 3.55. The summed E-state index contributed by atoms with van der Waals surface area (Å²) < 4.78 is 0. The fourth-order valence-electron chi connectivity index (χ4n) is 2.69. The van der Waals surface area contributed by atoms with Gasteiger partial charge in [0.25, 0.3) is 0 Å². The minimum atomic E-state index is -0.0572. The molecule has 4 nitrogen and oxygen atoms in total. The first-order chi connectivity index (χ1) is 7.09. The van der Waals surface area contributed by atoms with Crippen molar-refractivity contribution in [3.8, 4) is 0 Å². The molecule has 1 atom stereocenters. The van der Waals surface area contributed by atoms with E-state index < -0.39 is 0 Å². The van der Waals surface area contributed by atoms with Crippen molar-refractivity contribution in [2.75, 3.05) is 13.6 Å². The van der Waals surface area contributed by atoms with Gasteiger partial charge in [0.1, 0.15) is 6.29 Å². The van der Waals surface area contributed by atoms with Gasteiger partial charge in [0, 0.05) is 19.0 Å². The highest BCUT2D eigenvalue weighted by atomic mass is 16.2. The third kappa shape index (κ3) is 1.47. The maximum Gasteiger partial charge on any atom is 0.239 e. The van der Waals surface area contributed by atoms with Crippen LogP contribution in [-0.4, -0.2) is 41.3 Å². The Kier molecular flexibility index (Phi) is 2.54. The van der Waals surface area contributed by atoms with Crippen molar-refractivity contribution in [1.82, 2.24) is 10.0 Å². The fraction of sp³-hybridized carbons (Fsp3) is 0.818. The zero-order chi connectivity index (χ0) is 11.1. The molecule has 1 saturated heterocycles. The van der Waals surface area contributed by atoms with Gasteiger partial charge in [-0.1, -0.05) is 6.42 Å². The van der Waals surface area contributed by atoms with Gasteiger partial charge in [-0.15, -0.1) is 0 Å². The van der Waals surface area contributed by atoms with Crippen LogP contribution in [0.2, 0.25) is 0 Å². The van der Waals surface area contributed by atoms with Crippen molar-refractivity contribution in [3.05, 3.63) is 0 Å². The van der Waals surface area contributed by atoms with E-state index in [1.54, 1.807) is 5.01 Å². The first kappa shape index (κ1) is 10.6. The summed E-state index contributed by atoms with van der Waals surface area (Å²) in [6.07, 6.45) is 5.05. The zero-order valence-electron chi connectivity index (χ0n) is 9.40. The molecule has 0 aromatic carbocycles. The number of hydrazine groups is 1. The molecule has 0 radical (unpaired) electrons. The molecule has 1 aliphatic carbocycles. The molecule has 2 rings (SSSR count). The van der Waals surface area contributed by atoms with Crippen molar-refractivity contribution in [3.63, 3.8) is 0 Å². The van der Waals surface area contributed by atoms with Crippen LogP contribution in [0.1, 0.15) is 32.6 Å². The van der Waals surface area contributed by atoms with Gasteiger partial charge in [-0.2, -0.15) is 0 Å². The molecule has 1 aliphatic heterocycles. The van der Waals surface area contributed by atoms with E-state index in [2.05, 4.69) is 6.92 Å². The average molecular weight is 210 g/mol. The minimum absolute atomic E-state index is 0.0572. The number of amides is 1. The van der Waals surface area contributed by atoms with E-state index in [1.165, 1.54) is 19.3 Å². The lowest BCUT2D eigenvalue weighted by molar-refractivity contribution is -0.142. The third-order valence-electron chi connectivity index (χ3n) is 4.13. The van der Waals surface area contributed by atoms with Gasteiger partial charge >= 0.3 is 0 Å². The van der Waals surface area contributed by atoms with E-state index in [4.69, 9.17) is 0 Å². The number of hydrogen-bond acceptors (Lipinski definition) is 3. The summed E-state index contributed by atoms with van der Waals surface area (Å²) >= 11 is 0. The topological polar surface area (TPSA) is 40.6 Å². The Labute approximate surface area is 90.2 Å². The summed E-state index contributed by atoms with van der Waals surface area (Å²) in [6, 6.07) is 0. The van der Waals surface area contributed by atoms with Crippen LogP contribution in [0.4, 0.5) is 0 Å². The van der Waals surface area contributed by atoms with Crippen molar-refractivity contribution in [1.29, 1.82) is 0 Å². The van der Waals surface area contributed by atoms with Crippen molar-refractivity contribution in [2.45, 2.75) is 38.1 Å². The maximum absolute atomic E-state index is 11.8. The van der Waals surface area contributed by atoms with Crippen LogP contribution < -0.4 is 0 Å². The maximum atomic E-state index is 11.8. The number of rotatable bonds is 3. The molecule has 1 unspecified atom stereocenters. The standard InChI is InChI=1S/C11H18N2O2/c1-11(9-4-3-5-9)8-10(15)13(6-7-14)12(11)2/h7,9H,3-6,8H2,1-2H3. The van der Waals surface area contributed by atoms with Crippen molar-refractivity contribution in [2.24, 2.45) is 5.92 Å². The molecule has 1 saturated carbocycles. The summed E-state index contributed by atoms with van der Waals surface area (Å²) in [7, 11) is 1.92. The number of aldehydes is 1. The van der Waals surface area contributed by atoms with Crippen LogP contribution in [-0.2, 0) is 9.59 Å². The van der Waals surface area contributed by atoms with Gasteiger partial charge < -0.3 is 4.79 Å². The molecule has 0 aromatic rings. The molecule has 0 bridgehead atoms. The van der Waals surface area contributed by atoms with Crippen LogP contribution in [0.3, 0.4) is 0 Å². The molecule has 0 N–H and O–H groups in total. The van der Waals surface area contributed by atoms with E-state index in [0.29, 0.717) is 12.3 Å². The number of carbonyl (C=O) groups excluding carboxylic acids is 2. The summed E-state index contributed by atoms with van der Waals surface area (Å²) in [6.45, 7) is 2.33. The molecule has 0 aromatic heterocycles. The Balaban J connectivity index is 2.15. The molecule has 4 heteroatoms. The summed E-state index contributed by atoms with van der Waals surface area (Å²) in [5.41, 5.74) is -0.0572. The quantitative estimate of drug-likeness (QED) is 0.648. The second-order valence-electron chi connectivity index (χ2n) is 4.83. The molecule has 2 fully saturated rings. The Morgan fingerprint density at radius 2 is 2.20 bits per heavy atom. The number of nitrogens with zero attached hydrogens (tertiary/aromatic N) is 2. The highest BCUT2D eigenvalue weighted by Crippen LogP contribution is 2.44. The van der Waals surface area contributed by atoms with Gasteiger partial charge in [0.15, 0.2) is 0 Å². The monoisotopic (exact) mass is 210 g/mol. The predicted octanol–water partition coefficient (Wildman–Crippen LogP) is 0.823. The number of hydrogen-bond donors (Lipinski definition) is 0. The normalized spacial score (nSPS) is 33.2. The van der Waals surface area contributed by atoms with E-state index in [9.17, 15) is 9.59 Å². The van der Waals surface area contributed by atoms with Crippen LogP contribution in [0, 0.1) is 5.92 Å². The van der Waals surface area contributed by atoms with Crippen molar-refractivity contribution >= 4 is 12.2 Å². The molecule has 1 amide bonds. The lowest BCUT2D eigenvalue weighted by Gasteiger charge is -2.45. The second kappa shape index (κ2) is 3.59. The average Bonchev–Trinajstić information content (AvgIpc) is 2.27. The Hall–Kier alpha value is -0.900. The smallest absolute Gasteiger partial charge is 0.239 e. The fourth-order valence-corrected chi connectivity index (χ4v) is 2.69. The Morgan fingerprint density at radius 3 is 2.67 bits per heavy atom. The van der Waals surface area contributed by atoms with Gasteiger partial charge in [-0.3, -0.25) is 9.80 Å². The van der Waals surface area contributed by atoms with Crippen LogP contribution in [0.5, 0.6) is 0 Å². The SMILES string of the molecule is CN1N(CC=O)C(=O)CC1(C)C1CCC1. The molecule has 1 heterocycles.